The van der Waals surface area contributed by atoms with Gasteiger partial charge in [-0.3, -0.25) is 0 Å². The molecule has 3 N–H and O–H groups in total. The molecule has 0 saturated carbocycles. The van der Waals surface area contributed by atoms with E-state index in [1.807, 2.05) is 6.07 Å². The fourth-order valence-corrected chi connectivity index (χ4v) is 2.70. The van der Waals surface area contributed by atoms with Crippen LogP contribution in [0.15, 0.2) is 18.3 Å². The Hall–Kier alpha value is -2.90. The molecule has 7 heteroatoms. The highest BCUT2D eigenvalue weighted by molar-refractivity contribution is 5.93. The summed E-state index contributed by atoms with van der Waals surface area (Å²) in [6, 6.07) is 7.83. The monoisotopic (exact) mass is 308 g/mol. The molecule has 3 heterocycles. The molecule has 0 aliphatic carbocycles. The third kappa shape index (κ3) is 3.01. The number of hydrogen-bond acceptors (Lipinski definition) is 7. The SMILES string of the molecule is N#Cc1cc2cnc(N)cc2c(NCC2(C#N)CCOCC2)n1. The highest BCUT2D eigenvalue weighted by Gasteiger charge is 2.32. The summed E-state index contributed by atoms with van der Waals surface area (Å²) in [6.45, 7) is 1.61. The average molecular weight is 308 g/mol. The number of anilines is 2. The van der Waals surface area contributed by atoms with Crippen LogP contribution in [0.25, 0.3) is 10.8 Å². The Kier molecular flexibility index (Phi) is 3.96. The summed E-state index contributed by atoms with van der Waals surface area (Å²) in [5, 5.41) is 23.5. The van der Waals surface area contributed by atoms with Crippen LogP contribution in [0, 0.1) is 28.1 Å². The van der Waals surface area contributed by atoms with E-state index >= 15 is 0 Å². The summed E-state index contributed by atoms with van der Waals surface area (Å²) in [5.74, 6) is 0.933. The van der Waals surface area contributed by atoms with E-state index in [4.69, 9.17) is 15.7 Å². The number of pyridine rings is 2. The van der Waals surface area contributed by atoms with Crippen molar-refractivity contribution in [3.63, 3.8) is 0 Å². The van der Waals surface area contributed by atoms with E-state index in [0.717, 1.165) is 10.8 Å². The van der Waals surface area contributed by atoms with Gasteiger partial charge in [0, 0.05) is 36.7 Å². The second-order valence-electron chi connectivity index (χ2n) is 5.66. The van der Waals surface area contributed by atoms with Gasteiger partial charge < -0.3 is 15.8 Å². The Morgan fingerprint density at radius 2 is 2.09 bits per heavy atom. The molecule has 2 aromatic rings. The maximum absolute atomic E-state index is 9.53. The molecule has 0 amide bonds. The van der Waals surface area contributed by atoms with Gasteiger partial charge in [-0.05, 0) is 25.0 Å². The van der Waals surface area contributed by atoms with Gasteiger partial charge in [0.2, 0.25) is 0 Å². The number of nitrogens with two attached hydrogens (primary N) is 1. The standard InChI is InChI=1S/C16H16N6O/c17-7-12-5-11-8-20-14(19)6-13(11)15(22-12)21-10-16(9-18)1-3-23-4-2-16/h5-6,8H,1-4,10H2,(H2,19,20)(H,21,22). The van der Waals surface area contributed by atoms with Gasteiger partial charge in [-0.1, -0.05) is 0 Å². The van der Waals surface area contributed by atoms with Crippen LogP contribution in [0.1, 0.15) is 18.5 Å². The molecule has 0 spiro atoms. The Bertz CT molecular complexity index is 814. The fourth-order valence-electron chi connectivity index (χ4n) is 2.70. The van der Waals surface area contributed by atoms with E-state index in [1.165, 1.54) is 0 Å². The molecule has 0 radical (unpaired) electrons. The molecule has 116 valence electrons. The van der Waals surface area contributed by atoms with Crippen LogP contribution in [-0.2, 0) is 4.74 Å². The first kappa shape index (κ1) is 15.0. The van der Waals surface area contributed by atoms with Gasteiger partial charge in [0.1, 0.15) is 23.4 Å². The molecule has 3 rings (SSSR count). The molecule has 1 fully saturated rings. The lowest BCUT2D eigenvalue weighted by atomic mass is 9.82. The number of nitrogens with one attached hydrogen (secondary N) is 1. The second-order valence-corrected chi connectivity index (χ2v) is 5.66. The molecule has 1 saturated heterocycles. The van der Waals surface area contributed by atoms with Gasteiger partial charge in [-0.25, -0.2) is 9.97 Å². The molecular weight excluding hydrogens is 292 g/mol. The van der Waals surface area contributed by atoms with Crippen molar-refractivity contribution < 1.29 is 4.74 Å². The topological polar surface area (TPSA) is 121 Å². The van der Waals surface area contributed by atoms with Gasteiger partial charge in [0.05, 0.1) is 11.5 Å². The van der Waals surface area contributed by atoms with Crippen LogP contribution in [0.2, 0.25) is 0 Å². The van der Waals surface area contributed by atoms with Gasteiger partial charge in [0.15, 0.2) is 0 Å². The molecular formula is C16H16N6O. The maximum atomic E-state index is 9.53. The van der Waals surface area contributed by atoms with Crippen molar-refractivity contribution in [3.8, 4) is 12.1 Å². The average Bonchev–Trinajstić information content (AvgIpc) is 2.60. The Morgan fingerprint density at radius 3 is 2.78 bits per heavy atom. The van der Waals surface area contributed by atoms with Gasteiger partial charge in [-0.2, -0.15) is 10.5 Å². The predicted octanol–water partition coefficient (Wildman–Crippen LogP) is 1.82. The lowest BCUT2D eigenvalue weighted by Gasteiger charge is -2.31. The number of nitrogens with zero attached hydrogens (tertiary/aromatic N) is 4. The van der Waals surface area contributed by atoms with Crippen molar-refractivity contribution in [1.82, 2.24) is 9.97 Å². The maximum Gasteiger partial charge on any atom is 0.143 e. The number of nitrogen functional groups attached to an aromatic ring is 1. The molecule has 1 aliphatic rings. The van der Waals surface area contributed by atoms with Gasteiger partial charge >= 0.3 is 0 Å². The first-order valence-electron chi connectivity index (χ1n) is 7.35. The van der Waals surface area contributed by atoms with E-state index in [-0.39, 0.29) is 0 Å². The van der Waals surface area contributed by atoms with Gasteiger partial charge in [-0.15, -0.1) is 0 Å². The lowest BCUT2D eigenvalue weighted by Crippen LogP contribution is -2.35. The molecule has 7 nitrogen and oxygen atoms in total. The molecule has 0 bridgehead atoms. The third-order valence-corrected chi connectivity index (χ3v) is 4.13. The van der Waals surface area contributed by atoms with E-state index in [1.54, 1.807) is 18.3 Å². The number of aromatic nitrogens is 2. The summed E-state index contributed by atoms with van der Waals surface area (Å²) in [4.78, 5) is 8.36. The number of nitriles is 2. The first-order valence-corrected chi connectivity index (χ1v) is 7.35. The highest BCUT2D eigenvalue weighted by atomic mass is 16.5. The number of fused-ring (bicyclic) bond motifs is 1. The fraction of sp³-hybridized carbons (Fsp3) is 0.375. The zero-order valence-electron chi connectivity index (χ0n) is 12.5. The van der Waals surface area contributed by atoms with E-state index < -0.39 is 5.41 Å². The van der Waals surface area contributed by atoms with E-state index in [0.29, 0.717) is 49.9 Å². The van der Waals surface area contributed by atoms with Crippen LogP contribution in [0.4, 0.5) is 11.6 Å². The van der Waals surface area contributed by atoms with Crippen LogP contribution in [0.3, 0.4) is 0 Å². The largest absolute Gasteiger partial charge is 0.384 e. The zero-order valence-corrected chi connectivity index (χ0v) is 12.5. The van der Waals surface area contributed by atoms with Crippen LogP contribution in [0.5, 0.6) is 0 Å². The van der Waals surface area contributed by atoms with Crippen molar-refractivity contribution in [2.45, 2.75) is 12.8 Å². The minimum Gasteiger partial charge on any atom is -0.384 e. The van der Waals surface area contributed by atoms with Crippen molar-refractivity contribution >= 4 is 22.4 Å². The third-order valence-electron chi connectivity index (χ3n) is 4.13. The van der Waals surface area contributed by atoms with Crippen LogP contribution < -0.4 is 11.1 Å². The van der Waals surface area contributed by atoms with Crippen molar-refractivity contribution in [3.05, 3.63) is 24.0 Å². The Labute approximate surface area is 133 Å². The lowest BCUT2D eigenvalue weighted by molar-refractivity contribution is 0.0456. The highest BCUT2D eigenvalue weighted by Crippen LogP contribution is 2.31. The number of hydrogen-bond donors (Lipinski definition) is 2. The summed E-state index contributed by atoms with van der Waals surface area (Å²) in [5.41, 5.74) is 5.57. The molecule has 0 atom stereocenters. The molecule has 0 unspecified atom stereocenters. The quantitative estimate of drug-likeness (QED) is 0.887. The summed E-state index contributed by atoms with van der Waals surface area (Å²) < 4.78 is 5.34. The van der Waals surface area contributed by atoms with Crippen LogP contribution in [-0.4, -0.2) is 29.7 Å². The normalized spacial score (nSPS) is 16.4. The molecule has 1 aliphatic heterocycles. The summed E-state index contributed by atoms with van der Waals surface area (Å²) in [7, 11) is 0. The van der Waals surface area contributed by atoms with Gasteiger partial charge in [0.25, 0.3) is 0 Å². The minimum absolute atomic E-state index is 0.296. The molecule has 2 aromatic heterocycles. The number of rotatable bonds is 3. The van der Waals surface area contributed by atoms with Crippen molar-refractivity contribution in [1.29, 1.82) is 10.5 Å². The van der Waals surface area contributed by atoms with Crippen LogP contribution >= 0.6 is 0 Å². The summed E-state index contributed by atoms with van der Waals surface area (Å²) in [6.07, 6.45) is 2.97. The second kappa shape index (κ2) is 6.07. The number of ether oxygens (including phenoxy) is 1. The molecule has 0 aromatic carbocycles. The van der Waals surface area contributed by atoms with Crippen molar-refractivity contribution in [2.24, 2.45) is 5.41 Å². The smallest absolute Gasteiger partial charge is 0.143 e. The Balaban J connectivity index is 1.94. The first-order chi connectivity index (χ1) is 11.2. The molecule has 23 heavy (non-hydrogen) atoms. The zero-order chi connectivity index (χ0) is 16.3. The van der Waals surface area contributed by atoms with E-state index in [9.17, 15) is 5.26 Å². The Morgan fingerprint density at radius 1 is 1.30 bits per heavy atom. The minimum atomic E-state index is -0.479. The predicted molar refractivity (Wildman–Crippen MR) is 85.3 cm³/mol. The van der Waals surface area contributed by atoms with E-state index in [2.05, 4.69) is 21.4 Å². The van der Waals surface area contributed by atoms with Crippen molar-refractivity contribution in [2.75, 3.05) is 30.8 Å². The summed E-state index contributed by atoms with van der Waals surface area (Å²) >= 11 is 0.